The van der Waals surface area contributed by atoms with E-state index in [0.717, 1.165) is 23.7 Å². The van der Waals surface area contributed by atoms with E-state index in [2.05, 4.69) is 28.6 Å². The van der Waals surface area contributed by atoms with Crippen molar-refractivity contribution >= 4 is 11.6 Å². The number of amides is 1. The smallest absolute Gasteiger partial charge is 0.277 e. The highest BCUT2D eigenvalue weighted by Crippen LogP contribution is 2.48. The molecule has 7 heteroatoms. The van der Waals surface area contributed by atoms with Crippen LogP contribution in [0.1, 0.15) is 40.2 Å². The molecule has 7 nitrogen and oxygen atoms in total. The first-order chi connectivity index (χ1) is 15.6. The molecule has 0 saturated heterocycles. The number of nitriles is 1. The molecular formula is C25H25N5O2. The van der Waals surface area contributed by atoms with E-state index in [1.807, 2.05) is 43.4 Å². The van der Waals surface area contributed by atoms with Gasteiger partial charge in [0.1, 0.15) is 17.5 Å². The second-order valence-electron chi connectivity index (χ2n) is 8.46. The van der Waals surface area contributed by atoms with Crippen LogP contribution >= 0.6 is 0 Å². The van der Waals surface area contributed by atoms with E-state index in [1.165, 1.54) is 18.4 Å². The largest absolute Gasteiger partial charge is 0.497 e. The number of nitrogens with zero attached hydrogens (tertiary/aromatic N) is 4. The zero-order valence-electron chi connectivity index (χ0n) is 18.3. The highest BCUT2D eigenvalue weighted by Gasteiger charge is 2.43. The first-order valence-corrected chi connectivity index (χ1v) is 10.8. The summed E-state index contributed by atoms with van der Waals surface area (Å²) in [6.45, 7) is 1.49. The van der Waals surface area contributed by atoms with Gasteiger partial charge in [0, 0.05) is 29.8 Å². The summed E-state index contributed by atoms with van der Waals surface area (Å²) in [7, 11) is 3.59. The van der Waals surface area contributed by atoms with E-state index >= 15 is 0 Å². The van der Waals surface area contributed by atoms with Crippen LogP contribution in [0.15, 0.2) is 48.5 Å². The second-order valence-corrected chi connectivity index (χ2v) is 8.46. The predicted molar refractivity (Wildman–Crippen MR) is 121 cm³/mol. The third kappa shape index (κ3) is 3.24. The van der Waals surface area contributed by atoms with Crippen molar-refractivity contribution in [2.75, 3.05) is 32.1 Å². The molecular weight excluding hydrogens is 402 g/mol. The molecule has 1 saturated carbocycles. The first kappa shape index (κ1) is 20.3. The summed E-state index contributed by atoms with van der Waals surface area (Å²) in [5, 5.41) is 17.3. The number of likely N-dealkylation sites (N-methyl/N-ethyl adjacent to an activating group) is 1. The molecule has 1 aliphatic carbocycles. The molecule has 2 aromatic carbocycles. The molecule has 0 bridgehead atoms. The first-order valence-electron chi connectivity index (χ1n) is 10.8. The van der Waals surface area contributed by atoms with Gasteiger partial charge in [-0.1, -0.05) is 12.1 Å². The van der Waals surface area contributed by atoms with Gasteiger partial charge in [-0.3, -0.25) is 4.79 Å². The summed E-state index contributed by atoms with van der Waals surface area (Å²) in [5.41, 5.74) is 4.62. The molecule has 1 amide bonds. The molecule has 1 fully saturated rings. The number of hydrogen-bond acceptors (Lipinski definition) is 5. The van der Waals surface area contributed by atoms with Crippen molar-refractivity contribution in [3.8, 4) is 17.5 Å². The lowest BCUT2D eigenvalue weighted by Crippen LogP contribution is -2.38. The number of methoxy groups -OCH3 is 1. The fourth-order valence-corrected chi connectivity index (χ4v) is 4.66. The number of carbonyl (C=O) groups excluding carboxylic acids is 1. The van der Waals surface area contributed by atoms with Crippen LogP contribution in [0.25, 0.3) is 5.69 Å². The number of fused-ring (bicyclic) bond motifs is 1. The van der Waals surface area contributed by atoms with Crippen LogP contribution in [0.5, 0.6) is 5.75 Å². The number of ether oxygens (including phenoxy) is 1. The summed E-state index contributed by atoms with van der Waals surface area (Å²) in [5.74, 6) is 0.579. The van der Waals surface area contributed by atoms with Crippen molar-refractivity contribution in [2.45, 2.75) is 24.7 Å². The highest BCUT2D eigenvalue weighted by atomic mass is 16.5. The van der Waals surface area contributed by atoms with Gasteiger partial charge in [-0.2, -0.15) is 10.4 Å². The van der Waals surface area contributed by atoms with Crippen LogP contribution < -0.4 is 15.0 Å². The van der Waals surface area contributed by atoms with E-state index in [1.54, 1.807) is 16.7 Å². The van der Waals surface area contributed by atoms with Crippen LogP contribution in [-0.4, -0.2) is 42.9 Å². The van der Waals surface area contributed by atoms with Gasteiger partial charge in [0.2, 0.25) is 0 Å². The summed E-state index contributed by atoms with van der Waals surface area (Å²) >= 11 is 0. The molecule has 32 heavy (non-hydrogen) atoms. The second kappa shape index (κ2) is 7.81. The predicted octanol–water partition coefficient (Wildman–Crippen LogP) is 3.21. The average molecular weight is 428 g/mol. The van der Waals surface area contributed by atoms with E-state index in [-0.39, 0.29) is 11.3 Å². The van der Waals surface area contributed by atoms with Gasteiger partial charge in [0.25, 0.3) is 5.91 Å². The number of anilines is 1. The van der Waals surface area contributed by atoms with Crippen molar-refractivity contribution in [3.05, 3.63) is 71.0 Å². The van der Waals surface area contributed by atoms with Crippen molar-refractivity contribution in [3.63, 3.8) is 0 Å². The third-order valence-corrected chi connectivity index (χ3v) is 6.60. The van der Waals surface area contributed by atoms with Gasteiger partial charge in [-0.15, -0.1) is 0 Å². The summed E-state index contributed by atoms with van der Waals surface area (Å²) in [4.78, 5) is 15.4. The zero-order valence-corrected chi connectivity index (χ0v) is 18.3. The van der Waals surface area contributed by atoms with Crippen molar-refractivity contribution < 1.29 is 9.53 Å². The lowest BCUT2D eigenvalue weighted by Gasteiger charge is -2.28. The fraction of sp³-hybridized carbons (Fsp3) is 0.320. The van der Waals surface area contributed by atoms with E-state index < -0.39 is 0 Å². The van der Waals surface area contributed by atoms with Crippen LogP contribution in [0, 0.1) is 11.3 Å². The van der Waals surface area contributed by atoms with Crippen LogP contribution in [0.3, 0.4) is 0 Å². The Bertz CT molecular complexity index is 1200. The van der Waals surface area contributed by atoms with E-state index in [9.17, 15) is 10.1 Å². The summed E-state index contributed by atoms with van der Waals surface area (Å²) < 4.78 is 6.82. The Balaban J connectivity index is 1.49. The normalized spacial score (nSPS) is 16.4. The third-order valence-electron chi connectivity index (χ3n) is 6.60. The Kier molecular flexibility index (Phi) is 4.95. The zero-order chi connectivity index (χ0) is 22.3. The lowest BCUT2D eigenvalue weighted by atomic mass is 9.95. The number of carbonyl (C=O) groups is 1. The highest BCUT2D eigenvalue weighted by molar-refractivity contribution is 6.07. The molecule has 0 radical (unpaired) electrons. The van der Waals surface area contributed by atoms with Crippen molar-refractivity contribution in [1.82, 2.24) is 15.1 Å². The molecule has 0 unspecified atom stereocenters. The molecule has 5 rings (SSSR count). The fourth-order valence-electron chi connectivity index (χ4n) is 4.66. The summed E-state index contributed by atoms with van der Waals surface area (Å²) in [6, 6.07) is 17.8. The summed E-state index contributed by atoms with van der Waals surface area (Å²) in [6.07, 6.45) is 2.97. The molecule has 162 valence electrons. The number of hydrogen-bond donors (Lipinski definition) is 1. The molecule has 1 aromatic heterocycles. The maximum Gasteiger partial charge on any atom is 0.277 e. The van der Waals surface area contributed by atoms with Gasteiger partial charge in [0.05, 0.1) is 12.8 Å². The minimum Gasteiger partial charge on any atom is -0.497 e. The molecule has 1 aliphatic heterocycles. The molecule has 0 spiro atoms. The lowest BCUT2D eigenvalue weighted by molar-refractivity contribution is 0.0973. The van der Waals surface area contributed by atoms with Crippen molar-refractivity contribution in [2.24, 2.45) is 0 Å². The molecule has 3 aromatic rings. The van der Waals surface area contributed by atoms with Crippen LogP contribution in [0.4, 0.5) is 5.69 Å². The molecule has 2 aliphatic rings. The standard InChI is InChI=1S/C25H25N5O2/c1-27-16-25(12-13-25)17-3-5-18(6-4-17)29-14-11-21-22(15-26)28-30(23(21)24(29)31)19-7-9-20(32-2)10-8-19/h3-10,27H,11-14,16H2,1-2H3. The number of nitrogens with one attached hydrogen (secondary N) is 1. The maximum atomic E-state index is 13.6. The van der Waals surface area contributed by atoms with Gasteiger partial charge in [-0.05, 0) is 68.3 Å². The molecule has 0 atom stereocenters. The minimum absolute atomic E-state index is 0.139. The topological polar surface area (TPSA) is 83.2 Å². The van der Waals surface area contributed by atoms with Gasteiger partial charge in [-0.25, -0.2) is 4.68 Å². The molecule has 2 heterocycles. The average Bonchev–Trinajstić information content (AvgIpc) is 3.52. The Morgan fingerprint density at radius 2 is 1.81 bits per heavy atom. The monoisotopic (exact) mass is 427 g/mol. The maximum absolute atomic E-state index is 13.6. The number of aromatic nitrogens is 2. The van der Waals surface area contributed by atoms with Crippen LogP contribution in [0.2, 0.25) is 0 Å². The van der Waals surface area contributed by atoms with Gasteiger partial charge >= 0.3 is 0 Å². The van der Waals surface area contributed by atoms with Gasteiger partial charge < -0.3 is 15.0 Å². The quantitative estimate of drug-likeness (QED) is 0.653. The Morgan fingerprint density at radius 1 is 1.12 bits per heavy atom. The van der Waals surface area contributed by atoms with Crippen molar-refractivity contribution in [1.29, 1.82) is 5.26 Å². The Labute approximate surface area is 187 Å². The molecule has 1 N–H and O–H groups in total. The van der Waals surface area contributed by atoms with Gasteiger partial charge in [0.15, 0.2) is 5.69 Å². The van der Waals surface area contributed by atoms with E-state index in [0.29, 0.717) is 29.9 Å². The Hall–Kier alpha value is -3.63. The SMILES string of the molecule is CNCC1(c2ccc(N3CCc4c(C#N)nn(-c5ccc(OC)cc5)c4C3=O)cc2)CC1. The van der Waals surface area contributed by atoms with E-state index in [4.69, 9.17) is 4.74 Å². The minimum atomic E-state index is -0.139. The number of rotatable bonds is 6. The Morgan fingerprint density at radius 3 is 2.41 bits per heavy atom. The number of benzene rings is 2. The van der Waals surface area contributed by atoms with Crippen LogP contribution in [-0.2, 0) is 11.8 Å².